The minimum absolute atomic E-state index is 0.152. The van der Waals surface area contributed by atoms with Crippen LogP contribution in [0.3, 0.4) is 0 Å². The zero-order valence-electron chi connectivity index (χ0n) is 12.2. The first-order chi connectivity index (χ1) is 11.0. The Morgan fingerprint density at radius 3 is 2.43 bits per heavy atom. The number of thiophene rings is 1. The largest absolute Gasteiger partial charge is 0.322 e. The number of anilines is 1. The maximum Gasteiger partial charge on any atom is 0.257 e. The fraction of sp³-hybridized carbons (Fsp3) is 0.0625. The van der Waals surface area contributed by atoms with Crippen molar-refractivity contribution in [2.75, 3.05) is 12.4 Å². The highest BCUT2D eigenvalue weighted by molar-refractivity contribution is 7.89. The molecular weight excluding hydrogens is 332 g/mol. The Balaban J connectivity index is 1.83. The van der Waals surface area contributed by atoms with E-state index in [0.717, 1.165) is 10.1 Å². The first-order valence-electron chi connectivity index (χ1n) is 6.82. The summed E-state index contributed by atoms with van der Waals surface area (Å²) in [5, 5.41) is 5.51. The Bertz CT molecular complexity index is 960. The molecule has 118 valence electrons. The van der Waals surface area contributed by atoms with Gasteiger partial charge in [-0.1, -0.05) is 18.2 Å². The number of hydrogen-bond donors (Lipinski definition) is 2. The zero-order valence-corrected chi connectivity index (χ0v) is 13.9. The van der Waals surface area contributed by atoms with E-state index in [9.17, 15) is 13.2 Å². The van der Waals surface area contributed by atoms with Crippen molar-refractivity contribution in [1.82, 2.24) is 4.72 Å². The summed E-state index contributed by atoms with van der Waals surface area (Å²) >= 11 is 1.51. The third-order valence-corrected chi connectivity index (χ3v) is 5.81. The van der Waals surface area contributed by atoms with Gasteiger partial charge in [-0.15, -0.1) is 11.3 Å². The van der Waals surface area contributed by atoms with Gasteiger partial charge in [-0.05, 0) is 37.4 Å². The third kappa shape index (κ3) is 3.12. The lowest BCUT2D eigenvalue weighted by Crippen LogP contribution is -2.18. The molecule has 0 saturated carbocycles. The normalized spacial score (nSPS) is 11.5. The Hall–Kier alpha value is -2.22. The molecule has 2 aromatic carbocycles. The first-order valence-corrected chi connectivity index (χ1v) is 9.19. The van der Waals surface area contributed by atoms with Gasteiger partial charge in [0, 0.05) is 21.2 Å². The smallest absolute Gasteiger partial charge is 0.257 e. The molecule has 0 fully saturated rings. The van der Waals surface area contributed by atoms with Gasteiger partial charge >= 0.3 is 0 Å². The highest BCUT2D eigenvalue weighted by atomic mass is 32.2. The molecule has 3 aromatic rings. The van der Waals surface area contributed by atoms with Gasteiger partial charge in [0.2, 0.25) is 10.0 Å². The van der Waals surface area contributed by atoms with Crippen LogP contribution in [-0.4, -0.2) is 21.4 Å². The van der Waals surface area contributed by atoms with Gasteiger partial charge in [0.25, 0.3) is 5.91 Å². The van der Waals surface area contributed by atoms with Gasteiger partial charge in [-0.2, -0.15) is 0 Å². The summed E-state index contributed by atoms with van der Waals surface area (Å²) in [6.07, 6.45) is 0. The lowest BCUT2D eigenvalue weighted by atomic mass is 10.1. The van der Waals surface area contributed by atoms with E-state index in [-0.39, 0.29) is 10.8 Å². The summed E-state index contributed by atoms with van der Waals surface area (Å²) in [5.41, 5.74) is 1.15. The van der Waals surface area contributed by atoms with E-state index in [1.165, 1.54) is 30.5 Å². The molecule has 3 rings (SSSR count). The lowest BCUT2D eigenvalue weighted by molar-refractivity contribution is 0.102. The Labute approximate surface area is 138 Å². The summed E-state index contributed by atoms with van der Waals surface area (Å²) in [5.74, 6) is -0.216. The predicted octanol–water partition coefficient (Wildman–Crippen LogP) is 3.06. The number of hydrogen-bond acceptors (Lipinski definition) is 4. The maximum absolute atomic E-state index is 12.4. The molecule has 0 aliphatic heterocycles. The average Bonchev–Trinajstić information content (AvgIpc) is 2.99. The van der Waals surface area contributed by atoms with E-state index in [1.54, 1.807) is 12.1 Å². The summed E-state index contributed by atoms with van der Waals surface area (Å²) in [6.45, 7) is 0. The number of benzene rings is 2. The molecule has 0 saturated heterocycles. The topological polar surface area (TPSA) is 75.3 Å². The van der Waals surface area contributed by atoms with Crippen LogP contribution in [0.1, 0.15) is 10.4 Å². The molecule has 1 heterocycles. The molecule has 23 heavy (non-hydrogen) atoms. The predicted molar refractivity (Wildman–Crippen MR) is 92.5 cm³/mol. The maximum atomic E-state index is 12.4. The number of fused-ring (bicyclic) bond motifs is 1. The molecule has 1 aromatic heterocycles. The first kappa shape index (κ1) is 15.7. The number of rotatable bonds is 4. The van der Waals surface area contributed by atoms with Crippen LogP contribution in [0.5, 0.6) is 0 Å². The highest BCUT2D eigenvalue weighted by Crippen LogP contribution is 2.26. The Morgan fingerprint density at radius 2 is 1.74 bits per heavy atom. The number of carbonyl (C=O) groups excluding carboxylic acids is 1. The van der Waals surface area contributed by atoms with E-state index in [1.807, 2.05) is 29.6 Å². The number of sulfonamides is 1. The van der Waals surface area contributed by atoms with E-state index in [4.69, 9.17) is 0 Å². The average molecular weight is 346 g/mol. The second-order valence-electron chi connectivity index (χ2n) is 4.83. The van der Waals surface area contributed by atoms with Crippen molar-refractivity contribution < 1.29 is 13.2 Å². The summed E-state index contributed by atoms with van der Waals surface area (Å²) in [4.78, 5) is 12.5. The van der Waals surface area contributed by atoms with Gasteiger partial charge in [0.15, 0.2) is 0 Å². The monoisotopic (exact) mass is 346 g/mol. The molecule has 2 N–H and O–H groups in total. The van der Waals surface area contributed by atoms with Crippen LogP contribution in [0.25, 0.3) is 10.1 Å². The number of carbonyl (C=O) groups is 1. The number of nitrogens with one attached hydrogen (secondary N) is 2. The number of amides is 1. The fourth-order valence-corrected chi connectivity index (χ4v) is 3.86. The molecule has 1 amide bonds. The van der Waals surface area contributed by atoms with Gasteiger partial charge in [0.05, 0.1) is 10.5 Å². The molecule has 0 radical (unpaired) electrons. The molecule has 0 unspecified atom stereocenters. The standard InChI is InChI=1S/C16H14N2O3S2/c1-17-23(20,21)12-8-6-11(7-9-12)18-16(19)14-10-22-15-5-3-2-4-13(14)15/h2-10,17H,1H3,(H,18,19). The van der Waals surface area contributed by atoms with Crippen LogP contribution in [0.15, 0.2) is 58.8 Å². The molecule has 0 atom stereocenters. The summed E-state index contributed by atoms with van der Waals surface area (Å²) in [7, 11) is -2.12. The van der Waals surface area contributed by atoms with Crippen LogP contribution in [-0.2, 0) is 10.0 Å². The van der Waals surface area contributed by atoms with Crippen LogP contribution in [0.2, 0.25) is 0 Å². The van der Waals surface area contributed by atoms with Crippen LogP contribution in [0.4, 0.5) is 5.69 Å². The minimum Gasteiger partial charge on any atom is -0.322 e. The van der Waals surface area contributed by atoms with Gasteiger partial charge in [-0.3, -0.25) is 4.79 Å². The third-order valence-electron chi connectivity index (χ3n) is 3.42. The van der Waals surface area contributed by atoms with Crippen LogP contribution in [0, 0.1) is 0 Å². The quantitative estimate of drug-likeness (QED) is 0.762. The molecule has 0 bridgehead atoms. The van der Waals surface area contributed by atoms with E-state index in [0.29, 0.717) is 11.3 Å². The minimum atomic E-state index is -3.48. The second kappa shape index (κ2) is 6.11. The van der Waals surface area contributed by atoms with E-state index < -0.39 is 10.0 Å². The molecule has 0 spiro atoms. The molecule has 7 heteroatoms. The molecule has 0 aliphatic carbocycles. The van der Waals surface area contributed by atoms with Gasteiger partial charge in [-0.25, -0.2) is 13.1 Å². The van der Waals surface area contributed by atoms with Crippen LogP contribution < -0.4 is 10.0 Å². The van der Waals surface area contributed by atoms with Crippen molar-refractivity contribution in [3.8, 4) is 0 Å². The second-order valence-corrected chi connectivity index (χ2v) is 7.63. The van der Waals surface area contributed by atoms with Crippen molar-refractivity contribution in [3.63, 3.8) is 0 Å². The van der Waals surface area contributed by atoms with E-state index in [2.05, 4.69) is 10.0 Å². The van der Waals surface area contributed by atoms with Gasteiger partial charge in [0.1, 0.15) is 0 Å². The van der Waals surface area contributed by atoms with Crippen molar-refractivity contribution in [3.05, 3.63) is 59.5 Å². The van der Waals surface area contributed by atoms with Crippen molar-refractivity contribution in [1.29, 1.82) is 0 Å². The molecular formula is C16H14N2O3S2. The highest BCUT2D eigenvalue weighted by Gasteiger charge is 2.14. The fourth-order valence-electron chi connectivity index (χ4n) is 2.19. The van der Waals surface area contributed by atoms with Crippen molar-refractivity contribution in [2.24, 2.45) is 0 Å². The van der Waals surface area contributed by atoms with Crippen LogP contribution >= 0.6 is 11.3 Å². The SMILES string of the molecule is CNS(=O)(=O)c1ccc(NC(=O)c2csc3ccccc23)cc1. The Morgan fingerprint density at radius 1 is 1.04 bits per heavy atom. The van der Waals surface area contributed by atoms with Crippen molar-refractivity contribution >= 4 is 43.0 Å². The molecule has 0 aliphatic rings. The molecule has 5 nitrogen and oxygen atoms in total. The van der Waals surface area contributed by atoms with Gasteiger partial charge < -0.3 is 5.32 Å². The Kier molecular flexibility index (Phi) is 4.16. The lowest BCUT2D eigenvalue weighted by Gasteiger charge is -2.06. The summed E-state index contributed by atoms with van der Waals surface area (Å²) in [6, 6.07) is 13.7. The zero-order chi connectivity index (χ0) is 16.4. The van der Waals surface area contributed by atoms with E-state index >= 15 is 0 Å². The van der Waals surface area contributed by atoms with Crippen molar-refractivity contribution in [2.45, 2.75) is 4.90 Å². The summed E-state index contributed by atoms with van der Waals surface area (Å²) < 4.78 is 26.6.